The fourth-order valence-electron chi connectivity index (χ4n) is 4.20. The Bertz CT molecular complexity index is 1790. The van der Waals surface area contributed by atoms with Crippen molar-refractivity contribution in [1.29, 1.82) is 0 Å². The number of aliphatic hydroxyl groups is 2. The van der Waals surface area contributed by atoms with Crippen molar-refractivity contribution in [2.45, 2.75) is 13.8 Å². The average molecular weight is 734 g/mol. The van der Waals surface area contributed by atoms with Crippen LogP contribution >= 0.6 is 0 Å². The van der Waals surface area contributed by atoms with E-state index in [-0.39, 0.29) is 57.8 Å². The number of aromatic carboxylic acids is 2. The van der Waals surface area contributed by atoms with Gasteiger partial charge in [-0.3, -0.25) is 19.9 Å². The minimum Gasteiger partial charge on any atom is -0.545 e. The number of rotatable bonds is 2. The van der Waals surface area contributed by atoms with E-state index in [1.165, 1.54) is 12.1 Å². The third-order valence-electron chi connectivity index (χ3n) is 6.06. The second kappa shape index (κ2) is 24.7. The molecule has 4 aromatic heterocycles. The first-order valence-corrected chi connectivity index (χ1v) is 14.3. The number of benzene rings is 3. The largest absolute Gasteiger partial charge is 2.00 e. The van der Waals surface area contributed by atoms with E-state index in [1.54, 1.807) is 38.6 Å². The maximum absolute atomic E-state index is 10.3. The predicted molar refractivity (Wildman–Crippen MR) is 186 cm³/mol. The number of fused-ring (bicyclic) bond motifs is 6. The standard InChI is InChI=1S/2C12H8N2.C8H6O4.2C2H6O.Cu.3H2O/c2*1-3-9-5-6-10-4-2-8-14-12(10)11(9)13-7-1;9-7(10)5-3-1-2-4-6(5)8(11)12;2*1-2-3;;;;/h2*1-8H;1-4H,(H,9,10)(H,11,12);2*3H,2H2,1H3;;3*1H2/q;;;;;+2;;;/p-2. The van der Waals surface area contributed by atoms with Crippen LogP contribution in [-0.4, -0.2) is 71.7 Å². The first-order valence-electron chi connectivity index (χ1n) is 14.3. The van der Waals surface area contributed by atoms with Gasteiger partial charge in [0.15, 0.2) is 0 Å². The van der Waals surface area contributed by atoms with Crippen molar-refractivity contribution in [2.75, 3.05) is 13.2 Å². The van der Waals surface area contributed by atoms with Crippen molar-refractivity contribution in [3.8, 4) is 0 Å². The van der Waals surface area contributed by atoms with E-state index in [0.717, 1.165) is 55.7 Å². The maximum Gasteiger partial charge on any atom is 2.00 e. The molecule has 50 heavy (non-hydrogen) atoms. The van der Waals surface area contributed by atoms with Crippen molar-refractivity contribution >= 4 is 55.6 Å². The minimum atomic E-state index is -1.52. The zero-order chi connectivity index (χ0) is 33.3. The van der Waals surface area contributed by atoms with Crippen molar-refractivity contribution in [2.24, 2.45) is 0 Å². The van der Waals surface area contributed by atoms with E-state index in [2.05, 4.69) is 68.5 Å². The Morgan fingerprint density at radius 2 is 0.700 bits per heavy atom. The van der Waals surface area contributed by atoms with Crippen LogP contribution in [0, 0.1) is 0 Å². The predicted octanol–water partition coefficient (Wildman–Crippen LogP) is 1.50. The van der Waals surface area contributed by atoms with Crippen LogP contribution in [0.3, 0.4) is 0 Å². The van der Waals surface area contributed by atoms with Crippen molar-refractivity contribution in [3.63, 3.8) is 0 Å². The molecular formula is C36H38CuN4O9. The SMILES string of the molecule is CCO.CCO.O.O.O.O=C([O-])c1ccccc1C(=O)[O-].[Cu+2].c1cnc2c(c1)ccc1cccnc12.c1cnc2c(c1)ccc1cccnc12. The zero-order valence-corrected chi connectivity index (χ0v) is 28.0. The van der Waals surface area contributed by atoms with E-state index in [1.807, 2.05) is 24.3 Å². The molecule has 0 saturated carbocycles. The Kier molecular flexibility index (Phi) is 23.0. The number of aliphatic hydroxyl groups excluding tert-OH is 2. The van der Waals surface area contributed by atoms with Crippen LogP contribution in [0.1, 0.15) is 34.6 Å². The third kappa shape index (κ3) is 12.9. The van der Waals surface area contributed by atoms with Crippen molar-refractivity contribution in [1.82, 2.24) is 19.9 Å². The van der Waals surface area contributed by atoms with Gasteiger partial charge in [0.05, 0.1) is 34.0 Å². The molecule has 7 rings (SSSR count). The first-order chi connectivity index (χ1) is 22.4. The number of pyridine rings is 4. The van der Waals surface area contributed by atoms with E-state index < -0.39 is 11.9 Å². The topological polar surface area (TPSA) is 267 Å². The van der Waals surface area contributed by atoms with Gasteiger partial charge in [0.1, 0.15) is 0 Å². The van der Waals surface area contributed by atoms with Crippen LogP contribution in [0.25, 0.3) is 43.6 Å². The summed E-state index contributed by atoms with van der Waals surface area (Å²) >= 11 is 0. The molecule has 0 amide bonds. The maximum atomic E-state index is 10.3. The smallest absolute Gasteiger partial charge is 0.545 e. The van der Waals surface area contributed by atoms with E-state index in [0.29, 0.717) is 0 Å². The molecule has 7 aromatic rings. The summed E-state index contributed by atoms with van der Waals surface area (Å²) in [6.07, 6.45) is 7.21. The number of carbonyl (C=O) groups excluding carboxylic acids is 2. The van der Waals surface area contributed by atoms with Gasteiger partial charge >= 0.3 is 17.1 Å². The minimum absolute atomic E-state index is 0. The van der Waals surface area contributed by atoms with Gasteiger partial charge in [-0.05, 0) is 38.1 Å². The number of aromatic nitrogens is 4. The van der Waals surface area contributed by atoms with Gasteiger partial charge in [-0.25, -0.2) is 0 Å². The van der Waals surface area contributed by atoms with E-state index >= 15 is 0 Å². The number of hydrogen-bond acceptors (Lipinski definition) is 10. The number of carboxylic acids is 2. The molecule has 14 heteroatoms. The Balaban J connectivity index is 0. The number of carboxylic acid groups (broad SMARTS) is 2. The van der Waals surface area contributed by atoms with Crippen LogP contribution < -0.4 is 10.2 Å². The molecular weight excluding hydrogens is 696 g/mol. The molecule has 0 aliphatic rings. The zero-order valence-electron chi connectivity index (χ0n) is 27.1. The first kappa shape index (κ1) is 46.7. The molecule has 4 heterocycles. The fourth-order valence-corrected chi connectivity index (χ4v) is 4.20. The van der Waals surface area contributed by atoms with Crippen LogP contribution in [0.2, 0.25) is 0 Å². The molecule has 0 atom stereocenters. The average Bonchev–Trinajstić information content (AvgIpc) is 3.09. The van der Waals surface area contributed by atoms with Gasteiger partial charge in [0.25, 0.3) is 0 Å². The molecule has 267 valence electrons. The van der Waals surface area contributed by atoms with Crippen molar-refractivity contribution in [3.05, 3.63) is 133 Å². The molecule has 0 fully saturated rings. The molecule has 3 aromatic carbocycles. The Morgan fingerprint density at radius 3 is 0.900 bits per heavy atom. The van der Waals surface area contributed by atoms with Gasteiger partial charge in [-0.2, -0.15) is 0 Å². The molecule has 1 radical (unpaired) electrons. The summed E-state index contributed by atoms with van der Waals surface area (Å²) in [6.45, 7) is 3.86. The van der Waals surface area contributed by atoms with Gasteiger partial charge in [0.2, 0.25) is 0 Å². The van der Waals surface area contributed by atoms with Crippen LogP contribution in [-0.2, 0) is 17.1 Å². The molecule has 0 spiro atoms. The number of carbonyl (C=O) groups is 2. The second-order valence-electron chi connectivity index (χ2n) is 9.18. The van der Waals surface area contributed by atoms with Gasteiger partial charge < -0.3 is 46.4 Å². The Hall–Kier alpha value is -5.44. The summed E-state index contributed by atoms with van der Waals surface area (Å²) in [6, 6.07) is 29.4. The molecule has 0 unspecified atom stereocenters. The third-order valence-corrected chi connectivity index (χ3v) is 6.06. The molecule has 8 N–H and O–H groups in total. The van der Waals surface area contributed by atoms with Gasteiger partial charge in [-0.15, -0.1) is 0 Å². The summed E-state index contributed by atoms with van der Waals surface area (Å²) in [5, 5.41) is 40.3. The summed E-state index contributed by atoms with van der Waals surface area (Å²) in [5.74, 6) is -3.04. The molecule has 0 bridgehead atoms. The molecule has 0 aliphatic carbocycles. The second-order valence-corrected chi connectivity index (χ2v) is 9.18. The molecule has 0 aliphatic heterocycles. The number of nitrogens with zero attached hydrogens (tertiary/aromatic N) is 4. The van der Waals surface area contributed by atoms with Gasteiger partial charge in [-0.1, -0.05) is 72.8 Å². The number of hydrogen-bond donors (Lipinski definition) is 2. The normalized spacial score (nSPS) is 9.04. The molecule has 0 saturated heterocycles. The summed E-state index contributed by atoms with van der Waals surface area (Å²) < 4.78 is 0. The van der Waals surface area contributed by atoms with E-state index in [9.17, 15) is 19.8 Å². The van der Waals surface area contributed by atoms with Crippen LogP contribution in [0.15, 0.2) is 122 Å². The summed E-state index contributed by atoms with van der Waals surface area (Å²) in [7, 11) is 0. The summed E-state index contributed by atoms with van der Waals surface area (Å²) in [5.41, 5.74) is 3.18. The fraction of sp³-hybridized carbons (Fsp3) is 0.111. The van der Waals surface area contributed by atoms with Crippen molar-refractivity contribution < 1.29 is 63.5 Å². The quantitative estimate of drug-likeness (QED) is 0.191. The van der Waals surface area contributed by atoms with Gasteiger partial charge in [0, 0.05) is 70.7 Å². The summed E-state index contributed by atoms with van der Waals surface area (Å²) in [4.78, 5) is 38.0. The van der Waals surface area contributed by atoms with Crippen LogP contribution in [0.4, 0.5) is 0 Å². The molecule has 13 nitrogen and oxygen atoms in total. The Labute approximate surface area is 298 Å². The Morgan fingerprint density at radius 1 is 0.480 bits per heavy atom. The van der Waals surface area contributed by atoms with Crippen LogP contribution in [0.5, 0.6) is 0 Å². The van der Waals surface area contributed by atoms with E-state index in [4.69, 9.17) is 10.2 Å². The monoisotopic (exact) mass is 733 g/mol.